The Morgan fingerprint density at radius 1 is 0.400 bits per heavy atom. The predicted molar refractivity (Wildman–Crippen MR) is 288 cm³/mol. The van der Waals surface area contributed by atoms with Crippen LogP contribution in [-0.4, -0.2) is 66.5 Å². The normalized spacial score (nSPS) is 13.8. The van der Waals surface area contributed by atoms with Crippen LogP contribution < -0.4 is 0 Å². The van der Waals surface area contributed by atoms with Crippen molar-refractivity contribution in [3.63, 3.8) is 0 Å². The average molecular weight is 1010 g/mol. The molecular formula is C58H103O11P. The molecule has 2 N–H and O–H groups in total. The van der Waals surface area contributed by atoms with Gasteiger partial charge in [-0.2, -0.15) is 0 Å². The summed E-state index contributed by atoms with van der Waals surface area (Å²) in [6, 6.07) is 0. The van der Waals surface area contributed by atoms with Gasteiger partial charge in [0, 0.05) is 19.3 Å². The number of rotatable bonds is 52. The Morgan fingerprint density at radius 2 is 0.700 bits per heavy atom. The Kier molecular flexibility index (Phi) is 50.4. The summed E-state index contributed by atoms with van der Waals surface area (Å²) in [5.74, 6) is -1.50. The van der Waals surface area contributed by atoms with Gasteiger partial charge in [-0.05, 0) is 109 Å². The van der Waals surface area contributed by atoms with Crippen molar-refractivity contribution in [1.82, 2.24) is 0 Å². The van der Waals surface area contributed by atoms with Crippen LogP contribution >= 0.6 is 7.82 Å². The standard InChI is InChI=1S/C58H103O11P/c1-4-7-10-13-16-19-22-25-27-30-33-36-39-42-45-48-57(61)68-54(50-59)52-66-70(63,64)67-53-55(51-65-56(60)47-44-41-38-35-32-29-24-21-18-15-12-9-6-3)69-58(62)49-46-43-40-37-34-31-28-26-23-20-17-14-11-8-5-2/h16-17,19-21,24-28,54-55,59H,4-15,18,22-23,29-53H2,1-3H3,(H,63,64)/b19-16-,20-17-,24-21-,27-25-,28-26-. The molecule has 0 aliphatic rings. The molecule has 3 atom stereocenters. The van der Waals surface area contributed by atoms with Gasteiger partial charge in [-0.1, -0.05) is 184 Å². The summed E-state index contributed by atoms with van der Waals surface area (Å²) in [5.41, 5.74) is 0. The van der Waals surface area contributed by atoms with Gasteiger partial charge in [-0.3, -0.25) is 23.4 Å². The van der Waals surface area contributed by atoms with E-state index in [1.807, 2.05) is 0 Å². The number of aliphatic hydroxyl groups excluding tert-OH is 1. The maximum atomic E-state index is 12.9. The first-order valence-electron chi connectivity index (χ1n) is 28.2. The molecule has 0 rings (SSSR count). The van der Waals surface area contributed by atoms with Crippen molar-refractivity contribution < 1.29 is 52.2 Å². The number of phosphoric acid groups is 1. The van der Waals surface area contributed by atoms with Gasteiger partial charge in [0.1, 0.15) is 12.7 Å². The number of unbranched alkanes of at least 4 members (excludes halogenated alkanes) is 25. The molecular weight excluding hydrogens is 904 g/mol. The summed E-state index contributed by atoms with van der Waals surface area (Å²) in [4.78, 5) is 48.4. The molecule has 0 saturated carbocycles. The third-order valence-electron chi connectivity index (χ3n) is 11.9. The number of esters is 3. The van der Waals surface area contributed by atoms with Gasteiger partial charge in [-0.25, -0.2) is 4.57 Å². The first-order valence-corrected chi connectivity index (χ1v) is 29.7. The highest BCUT2D eigenvalue weighted by atomic mass is 31.2. The van der Waals surface area contributed by atoms with Gasteiger partial charge in [0.2, 0.25) is 0 Å². The zero-order chi connectivity index (χ0) is 51.3. The Labute approximate surface area is 427 Å². The highest BCUT2D eigenvalue weighted by Crippen LogP contribution is 2.43. The molecule has 0 spiro atoms. The lowest BCUT2D eigenvalue weighted by atomic mass is 10.1. The van der Waals surface area contributed by atoms with Crippen LogP contribution in [0.15, 0.2) is 60.8 Å². The zero-order valence-electron chi connectivity index (χ0n) is 44.7. The van der Waals surface area contributed by atoms with Gasteiger partial charge in [0.05, 0.1) is 19.8 Å². The summed E-state index contributed by atoms with van der Waals surface area (Å²) in [5, 5.41) is 9.80. The SMILES string of the molecule is CCCCC/C=C\C/C=C\CCCCCCCC(=O)OC(CO)COP(=O)(O)OCC(COC(=O)CCCCCCC/C=C\CCCCCC)OC(=O)CCCCCCC/C=C\C/C=C\CCCCC. The number of carbonyl (C=O) groups excluding carboxylic acids is 3. The summed E-state index contributed by atoms with van der Waals surface area (Å²) in [6.07, 6.45) is 56.0. The van der Waals surface area contributed by atoms with Crippen molar-refractivity contribution in [1.29, 1.82) is 0 Å². The number of hydrogen-bond acceptors (Lipinski definition) is 10. The Bertz CT molecular complexity index is 1410. The minimum Gasteiger partial charge on any atom is -0.462 e. The Hall–Kier alpha value is -2.82. The van der Waals surface area contributed by atoms with Crippen molar-refractivity contribution in [2.45, 2.75) is 264 Å². The topological polar surface area (TPSA) is 155 Å². The van der Waals surface area contributed by atoms with Gasteiger partial charge in [-0.15, -0.1) is 0 Å². The molecule has 0 aromatic heterocycles. The van der Waals surface area contributed by atoms with E-state index in [0.717, 1.165) is 128 Å². The molecule has 0 saturated heterocycles. The number of allylic oxidation sites excluding steroid dienone is 10. The molecule has 0 aliphatic heterocycles. The number of aliphatic hydroxyl groups is 1. The fourth-order valence-electron chi connectivity index (χ4n) is 7.53. The molecule has 0 aliphatic carbocycles. The molecule has 0 aromatic rings. The molecule has 11 nitrogen and oxygen atoms in total. The smallest absolute Gasteiger partial charge is 0.462 e. The molecule has 70 heavy (non-hydrogen) atoms. The second-order valence-corrected chi connectivity index (χ2v) is 20.2. The first kappa shape index (κ1) is 67.2. The number of ether oxygens (including phenoxy) is 3. The average Bonchev–Trinajstić information content (AvgIpc) is 3.35. The third kappa shape index (κ3) is 50.1. The van der Waals surface area contributed by atoms with Gasteiger partial charge >= 0.3 is 25.7 Å². The molecule has 0 fully saturated rings. The molecule has 0 radical (unpaired) electrons. The quantitative estimate of drug-likeness (QED) is 0.0197. The predicted octanol–water partition coefficient (Wildman–Crippen LogP) is 16.4. The third-order valence-corrected chi connectivity index (χ3v) is 12.8. The van der Waals surface area contributed by atoms with Gasteiger partial charge in [0.15, 0.2) is 6.10 Å². The van der Waals surface area contributed by atoms with Crippen molar-refractivity contribution in [2.75, 3.05) is 26.4 Å². The van der Waals surface area contributed by atoms with E-state index in [4.69, 9.17) is 23.3 Å². The molecule has 406 valence electrons. The van der Waals surface area contributed by atoms with Crippen LogP contribution in [0.25, 0.3) is 0 Å². The summed E-state index contributed by atoms with van der Waals surface area (Å²) in [7, 11) is -4.75. The maximum absolute atomic E-state index is 12.9. The van der Waals surface area contributed by atoms with E-state index >= 15 is 0 Å². The molecule has 0 bridgehead atoms. The van der Waals surface area contributed by atoms with E-state index in [9.17, 15) is 28.9 Å². The van der Waals surface area contributed by atoms with Crippen LogP contribution in [0, 0.1) is 0 Å². The van der Waals surface area contributed by atoms with E-state index in [1.165, 1.54) is 64.2 Å². The summed E-state index contributed by atoms with van der Waals surface area (Å²) >= 11 is 0. The molecule has 3 unspecified atom stereocenters. The fraction of sp³-hybridized carbons (Fsp3) is 0.776. The van der Waals surface area contributed by atoms with Crippen molar-refractivity contribution in [2.24, 2.45) is 0 Å². The largest absolute Gasteiger partial charge is 0.472 e. The minimum absolute atomic E-state index is 0.149. The van der Waals surface area contributed by atoms with E-state index < -0.39 is 57.8 Å². The van der Waals surface area contributed by atoms with Crippen LogP contribution in [0.2, 0.25) is 0 Å². The molecule has 12 heteroatoms. The lowest BCUT2D eigenvalue weighted by molar-refractivity contribution is -0.161. The first-order chi connectivity index (χ1) is 34.2. The van der Waals surface area contributed by atoms with Crippen molar-refractivity contribution in [3.8, 4) is 0 Å². The Balaban J connectivity index is 4.75. The second-order valence-electron chi connectivity index (χ2n) is 18.7. The van der Waals surface area contributed by atoms with Crippen LogP contribution in [-0.2, 0) is 42.2 Å². The fourth-order valence-corrected chi connectivity index (χ4v) is 8.31. The summed E-state index contributed by atoms with van der Waals surface area (Å²) < 4.78 is 39.4. The zero-order valence-corrected chi connectivity index (χ0v) is 45.6. The van der Waals surface area contributed by atoms with E-state index in [-0.39, 0.29) is 25.9 Å². The van der Waals surface area contributed by atoms with Crippen LogP contribution in [0.5, 0.6) is 0 Å². The highest BCUT2D eigenvalue weighted by molar-refractivity contribution is 7.47. The minimum atomic E-state index is -4.75. The summed E-state index contributed by atoms with van der Waals surface area (Å²) in [6.45, 7) is 4.54. The van der Waals surface area contributed by atoms with Crippen LogP contribution in [0.1, 0.15) is 252 Å². The van der Waals surface area contributed by atoms with Gasteiger partial charge < -0.3 is 24.2 Å². The van der Waals surface area contributed by atoms with Gasteiger partial charge in [0.25, 0.3) is 0 Å². The maximum Gasteiger partial charge on any atom is 0.472 e. The highest BCUT2D eigenvalue weighted by Gasteiger charge is 2.28. The second kappa shape index (κ2) is 52.5. The molecule has 0 amide bonds. The monoisotopic (exact) mass is 1010 g/mol. The van der Waals surface area contributed by atoms with Crippen molar-refractivity contribution >= 4 is 25.7 Å². The molecule has 0 heterocycles. The number of phosphoric ester groups is 1. The van der Waals surface area contributed by atoms with E-state index in [1.54, 1.807) is 0 Å². The van der Waals surface area contributed by atoms with Crippen LogP contribution in [0.4, 0.5) is 0 Å². The number of hydrogen-bond donors (Lipinski definition) is 2. The molecule has 0 aromatic carbocycles. The lowest BCUT2D eigenvalue weighted by Crippen LogP contribution is -2.30. The number of carbonyl (C=O) groups is 3. The van der Waals surface area contributed by atoms with E-state index in [2.05, 4.69) is 81.5 Å². The van der Waals surface area contributed by atoms with Crippen molar-refractivity contribution in [3.05, 3.63) is 60.8 Å². The van der Waals surface area contributed by atoms with Crippen LogP contribution in [0.3, 0.4) is 0 Å². The Morgan fingerprint density at radius 3 is 1.10 bits per heavy atom. The lowest BCUT2D eigenvalue weighted by Gasteiger charge is -2.21. The van der Waals surface area contributed by atoms with E-state index in [0.29, 0.717) is 19.3 Å².